The van der Waals surface area contributed by atoms with Crippen molar-refractivity contribution in [3.8, 4) is 0 Å². The fraction of sp³-hybridized carbons (Fsp3) is 0.429. The Kier molecular flexibility index (Phi) is 3.32. The van der Waals surface area contributed by atoms with Gasteiger partial charge in [0.15, 0.2) is 17.0 Å². The third-order valence-corrected chi connectivity index (χ3v) is 3.47. The smallest absolute Gasteiger partial charge is 0.289 e. The maximum atomic E-state index is 12.4. The summed E-state index contributed by atoms with van der Waals surface area (Å²) in [6.45, 7) is 4.46. The van der Waals surface area contributed by atoms with Crippen molar-refractivity contribution in [2.75, 3.05) is 13.1 Å². The Morgan fingerprint density at radius 1 is 1.38 bits per heavy atom. The molecular weight excluding hydrogens is 274 g/mol. The summed E-state index contributed by atoms with van der Waals surface area (Å²) in [5.41, 5.74) is -0.231. The van der Waals surface area contributed by atoms with Gasteiger partial charge in [-0.15, -0.1) is 0 Å². The molecule has 7 heteroatoms. The van der Waals surface area contributed by atoms with Crippen molar-refractivity contribution < 1.29 is 13.7 Å². The number of rotatable bonds is 2. The maximum absolute atomic E-state index is 12.4. The van der Waals surface area contributed by atoms with Crippen LogP contribution < -0.4 is 5.43 Å². The van der Waals surface area contributed by atoms with Crippen molar-refractivity contribution >= 4 is 5.91 Å². The first-order valence-corrected chi connectivity index (χ1v) is 6.74. The molecule has 1 fully saturated rings. The minimum Gasteiger partial charge on any atom is -0.456 e. The normalized spacial score (nSPS) is 18.2. The lowest BCUT2D eigenvalue weighted by Crippen LogP contribution is -2.29. The average molecular weight is 289 g/mol. The summed E-state index contributed by atoms with van der Waals surface area (Å²) in [6, 6.07) is 2.57. The molecule has 3 rings (SSSR count). The monoisotopic (exact) mass is 289 g/mol. The summed E-state index contributed by atoms with van der Waals surface area (Å²) in [6.07, 6.45) is 0.753. The Bertz CT molecular complexity index is 734. The van der Waals surface area contributed by atoms with Crippen LogP contribution in [0.1, 0.15) is 40.4 Å². The van der Waals surface area contributed by atoms with Gasteiger partial charge < -0.3 is 13.8 Å². The molecule has 0 spiro atoms. The molecule has 1 aliphatic rings. The number of hydrogen-bond donors (Lipinski definition) is 0. The van der Waals surface area contributed by atoms with Gasteiger partial charge in [0, 0.05) is 25.2 Å². The summed E-state index contributed by atoms with van der Waals surface area (Å²) >= 11 is 0. The van der Waals surface area contributed by atoms with E-state index in [-0.39, 0.29) is 23.0 Å². The summed E-state index contributed by atoms with van der Waals surface area (Å²) < 4.78 is 10.5. The van der Waals surface area contributed by atoms with Crippen molar-refractivity contribution in [1.82, 2.24) is 15.0 Å². The predicted molar refractivity (Wildman–Crippen MR) is 72.0 cm³/mol. The quantitative estimate of drug-likeness (QED) is 0.827. The molecule has 1 amide bonds. The Balaban J connectivity index is 1.76. The fourth-order valence-corrected chi connectivity index (χ4v) is 2.49. The zero-order valence-electron chi connectivity index (χ0n) is 11.8. The van der Waals surface area contributed by atoms with Gasteiger partial charge in [-0.25, -0.2) is 0 Å². The second-order valence-electron chi connectivity index (χ2n) is 5.18. The van der Waals surface area contributed by atoms with Crippen LogP contribution >= 0.6 is 0 Å². The highest BCUT2D eigenvalue weighted by Gasteiger charge is 2.32. The van der Waals surface area contributed by atoms with Crippen LogP contribution in [0.5, 0.6) is 0 Å². The SMILES string of the molecule is Cc1noc(C2CCN(C(=O)c3cc(=O)cc(C)o3)C2)n1. The second kappa shape index (κ2) is 5.16. The molecular formula is C14H15N3O4. The molecule has 7 nitrogen and oxygen atoms in total. The lowest BCUT2D eigenvalue weighted by Gasteiger charge is -2.14. The average Bonchev–Trinajstić information content (AvgIpc) is 3.05. The van der Waals surface area contributed by atoms with Gasteiger partial charge in [0.2, 0.25) is 5.89 Å². The first-order chi connectivity index (χ1) is 10.0. The van der Waals surface area contributed by atoms with Gasteiger partial charge in [-0.3, -0.25) is 9.59 Å². The van der Waals surface area contributed by atoms with Crippen molar-refractivity contribution in [3.63, 3.8) is 0 Å². The first kappa shape index (κ1) is 13.5. The molecule has 0 saturated carbocycles. The highest BCUT2D eigenvalue weighted by atomic mass is 16.5. The van der Waals surface area contributed by atoms with Gasteiger partial charge in [-0.05, 0) is 20.3 Å². The van der Waals surface area contributed by atoms with Crippen LogP contribution in [0.3, 0.4) is 0 Å². The standard InChI is InChI=1S/C14H15N3O4/c1-8-5-11(18)6-12(20-8)14(19)17-4-3-10(7-17)13-15-9(2)16-21-13/h5-6,10H,3-4,7H2,1-2H3. The lowest BCUT2D eigenvalue weighted by atomic mass is 10.1. The third-order valence-electron chi connectivity index (χ3n) is 3.47. The van der Waals surface area contributed by atoms with Gasteiger partial charge in [0.25, 0.3) is 5.91 Å². The highest BCUT2D eigenvalue weighted by molar-refractivity contribution is 5.91. The van der Waals surface area contributed by atoms with E-state index < -0.39 is 0 Å². The molecule has 0 aliphatic carbocycles. The molecule has 0 bridgehead atoms. The molecule has 0 radical (unpaired) electrons. The number of hydrogen-bond acceptors (Lipinski definition) is 6. The zero-order chi connectivity index (χ0) is 15.0. The molecule has 3 heterocycles. The van der Waals surface area contributed by atoms with Crippen molar-refractivity contribution in [1.29, 1.82) is 0 Å². The van der Waals surface area contributed by atoms with E-state index in [1.54, 1.807) is 18.7 Å². The van der Waals surface area contributed by atoms with E-state index in [0.29, 0.717) is 30.6 Å². The van der Waals surface area contributed by atoms with E-state index in [4.69, 9.17) is 8.94 Å². The number of carbonyl (C=O) groups is 1. The second-order valence-corrected chi connectivity index (χ2v) is 5.18. The molecule has 2 aromatic heterocycles. The zero-order valence-corrected chi connectivity index (χ0v) is 11.8. The highest BCUT2D eigenvalue weighted by Crippen LogP contribution is 2.26. The van der Waals surface area contributed by atoms with Crippen LogP contribution in [0, 0.1) is 13.8 Å². The lowest BCUT2D eigenvalue weighted by molar-refractivity contribution is 0.0753. The fourth-order valence-electron chi connectivity index (χ4n) is 2.49. The summed E-state index contributed by atoms with van der Waals surface area (Å²) in [5, 5.41) is 3.76. The molecule has 1 unspecified atom stereocenters. The van der Waals surface area contributed by atoms with Crippen molar-refractivity contribution in [3.05, 3.63) is 45.6 Å². The number of amides is 1. The Labute approximate surface area is 120 Å². The Hall–Kier alpha value is -2.44. The largest absolute Gasteiger partial charge is 0.456 e. The Morgan fingerprint density at radius 3 is 2.86 bits per heavy atom. The van der Waals surface area contributed by atoms with Gasteiger partial charge in [-0.2, -0.15) is 4.98 Å². The van der Waals surface area contributed by atoms with Crippen molar-refractivity contribution in [2.45, 2.75) is 26.2 Å². The number of aryl methyl sites for hydroxylation is 2. The third kappa shape index (κ3) is 2.72. The molecule has 21 heavy (non-hydrogen) atoms. The van der Waals surface area contributed by atoms with Crippen LogP contribution in [0.15, 0.2) is 25.9 Å². The van der Waals surface area contributed by atoms with Crippen LogP contribution in [-0.2, 0) is 0 Å². The van der Waals surface area contributed by atoms with Gasteiger partial charge in [-0.1, -0.05) is 5.16 Å². The van der Waals surface area contributed by atoms with Crippen LogP contribution in [-0.4, -0.2) is 34.0 Å². The topological polar surface area (TPSA) is 89.4 Å². The Morgan fingerprint density at radius 2 is 2.19 bits per heavy atom. The predicted octanol–water partition coefficient (Wildman–Crippen LogP) is 1.27. The van der Waals surface area contributed by atoms with E-state index in [9.17, 15) is 9.59 Å². The molecule has 1 atom stereocenters. The van der Waals surface area contributed by atoms with E-state index in [1.807, 2.05) is 0 Å². The molecule has 0 aromatic carbocycles. The minimum absolute atomic E-state index is 0.0340. The van der Waals surface area contributed by atoms with Crippen LogP contribution in [0.4, 0.5) is 0 Å². The van der Waals surface area contributed by atoms with E-state index in [2.05, 4.69) is 10.1 Å². The molecule has 1 aliphatic heterocycles. The van der Waals surface area contributed by atoms with Crippen LogP contribution in [0.25, 0.3) is 0 Å². The summed E-state index contributed by atoms with van der Waals surface area (Å²) in [4.78, 5) is 29.7. The molecule has 2 aromatic rings. The molecule has 1 saturated heterocycles. The number of nitrogens with zero attached hydrogens (tertiary/aromatic N) is 3. The molecule has 0 N–H and O–H groups in total. The van der Waals surface area contributed by atoms with Gasteiger partial charge in [0.05, 0.1) is 5.92 Å². The maximum Gasteiger partial charge on any atom is 0.289 e. The number of aromatic nitrogens is 2. The number of carbonyl (C=O) groups excluding carboxylic acids is 1. The molecule has 110 valence electrons. The van der Waals surface area contributed by atoms with E-state index in [1.165, 1.54) is 12.1 Å². The first-order valence-electron chi connectivity index (χ1n) is 6.74. The van der Waals surface area contributed by atoms with E-state index in [0.717, 1.165) is 6.42 Å². The summed E-state index contributed by atoms with van der Waals surface area (Å²) in [5.74, 6) is 1.38. The summed E-state index contributed by atoms with van der Waals surface area (Å²) in [7, 11) is 0. The van der Waals surface area contributed by atoms with E-state index >= 15 is 0 Å². The minimum atomic E-state index is -0.283. The van der Waals surface area contributed by atoms with Gasteiger partial charge in [0.1, 0.15) is 5.76 Å². The number of likely N-dealkylation sites (tertiary alicyclic amines) is 1. The van der Waals surface area contributed by atoms with Crippen LogP contribution in [0.2, 0.25) is 0 Å². The van der Waals surface area contributed by atoms with Crippen molar-refractivity contribution in [2.24, 2.45) is 0 Å². The van der Waals surface area contributed by atoms with Gasteiger partial charge >= 0.3 is 0 Å².